The Balaban J connectivity index is 1.50. The van der Waals surface area contributed by atoms with E-state index in [0.29, 0.717) is 80.2 Å². The van der Waals surface area contributed by atoms with E-state index < -0.39 is 22.3 Å². The molecule has 0 radical (unpaired) electrons. The normalized spacial score (nSPS) is 19.1. The van der Waals surface area contributed by atoms with Gasteiger partial charge in [-0.3, -0.25) is 14.4 Å². The Bertz CT molecular complexity index is 1740. The van der Waals surface area contributed by atoms with Crippen LogP contribution in [-0.2, 0) is 26.2 Å². The average molecular weight is 714 g/mol. The first kappa shape index (κ1) is 37.4. The fourth-order valence-corrected chi connectivity index (χ4v) is 9.07. The Kier molecular flexibility index (Phi) is 12.0. The van der Waals surface area contributed by atoms with Crippen LogP contribution in [0.3, 0.4) is 0 Å². The summed E-state index contributed by atoms with van der Waals surface area (Å²) in [7, 11) is 1.07. The highest BCUT2D eigenvalue weighted by Gasteiger charge is 2.35. The fourth-order valence-electron chi connectivity index (χ4n) is 7.35. The lowest BCUT2D eigenvalue weighted by atomic mass is 9.95. The molecule has 3 aliphatic rings. The fraction of sp³-hybridized carbons (Fsp3) is 0.583. The number of carbonyl (C=O) groups excluding carboxylic acids is 2. The quantitative estimate of drug-likeness (QED) is 0.357. The zero-order chi connectivity index (χ0) is 36.2. The number of rotatable bonds is 11. The molecule has 2 aromatic carbocycles. The topological polar surface area (TPSA) is 147 Å². The van der Waals surface area contributed by atoms with Gasteiger partial charge in [0.05, 0.1) is 33.1 Å². The van der Waals surface area contributed by atoms with E-state index in [1.807, 2.05) is 26.0 Å². The number of benzene rings is 1. The largest absolute Gasteiger partial charge is 0.493 e. The molecule has 2 aromatic rings. The minimum atomic E-state index is -3.57. The van der Waals surface area contributed by atoms with Crippen molar-refractivity contribution in [1.82, 2.24) is 18.8 Å². The third kappa shape index (κ3) is 7.87. The molecule has 274 valence electrons. The van der Waals surface area contributed by atoms with Crippen molar-refractivity contribution < 1.29 is 32.2 Å². The van der Waals surface area contributed by atoms with Crippen molar-refractivity contribution in [2.75, 3.05) is 65.9 Å². The van der Waals surface area contributed by atoms with Crippen LogP contribution in [0.2, 0.25) is 0 Å². The highest BCUT2D eigenvalue weighted by atomic mass is 32.2. The zero-order valence-electron chi connectivity index (χ0n) is 30.0. The van der Waals surface area contributed by atoms with E-state index in [9.17, 15) is 22.8 Å². The Labute approximate surface area is 295 Å². The summed E-state index contributed by atoms with van der Waals surface area (Å²) in [6.45, 7) is 7.81. The van der Waals surface area contributed by atoms with Crippen LogP contribution in [0.1, 0.15) is 70.0 Å². The molecule has 5 rings (SSSR count). The van der Waals surface area contributed by atoms with Gasteiger partial charge in [-0.15, -0.1) is 0 Å². The second-order valence-electron chi connectivity index (χ2n) is 13.6. The number of hydrogen-bond acceptors (Lipinski definition) is 9. The number of methoxy groups -OCH3 is 3. The Morgan fingerprint density at radius 3 is 2.22 bits per heavy atom. The molecule has 2 fully saturated rings. The molecule has 0 unspecified atom stereocenters. The molecule has 1 aliphatic carbocycles. The van der Waals surface area contributed by atoms with Gasteiger partial charge in [0.2, 0.25) is 23.0 Å². The summed E-state index contributed by atoms with van der Waals surface area (Å²) in [6.07, 6.45) is 3.81. The molecule has 2 N–H and O–H groups in total. The van der Waals surface area contributed by atoms with Crippen LogP contribution in [0, 0.1) is 5.92 Å². The standard InChI is InChI=1S/C36H51N5O8S/c1-23(2)20-30(36(44)39-14-9-17-41(19-18-39)50(45,46)40-15-7-8-16-40)38-29-13-11-26-27(22-31(29)43)28(37-24(3)42)12-10-25-21-32(47-4)34(48-5)35(49-6)33(25)26/h11,13,21-23,28,30H,7-10,12,14-20H2,1-6H3,(H,37,42)(H,38,43)/t28-,30-/m1/s1. The molecule has 50 heavy (non-hydrogen) atoms. The Morgan fingerprint density at radius 2 is 1.58 bits per heavy atom. The highest BCUT2D eigenvalue weighted by molar-refractivity contribution is 7.86. The van der Waals surface area contributed by atoms with E-state index >= 15 is 0 Å². The van der Waals surface area contributed by atoms with Crippen LogP contribution in [0.15, 0.2) is 29.1 Å². The summed E-state index contributed by atoms with van der Waals surface area (Å²) in [5.41, 5.74) is 2.88. The molecule has 13 nitrogen and oxygen atoms in total. The lowest BCUT2D eigenvalue weighted by Gasteiger charge is -2.29. The number of nitrogens with zero attached hydrogens (tertiary/aromatic N) is 3. The number of amides is 2. The van der Waals surface area contributed by atoms with E-state index in [1.165, 1.54) is 28.7 Å². The van der Waals surface area contributed by atoms with Gasteiger partial charge in [0.1, 0.15) is 6.04 Å². The summed E-state index contributed by atoms with van der Waals surface area (Å²) in [5, 5.41) is 6.30. The number of carbonyl (C=O) groups is 2. The van der Waals surface area contributed by atoms with E-state index in [2.05, 4.69) is 10.6 Å². The smallest absolute Gasteiger partial charge is 0.282 e. The molecule has 14 heteroatoms. The van der Waals surface area contributed by atoms with Crippen LogP contribution in [0.4, 0.5) is 5.69 Å². The molecule has 2 heterocycles. The molecular weight excluding hydrogens is 662 g/mol. The number of hydrogen-bond donors (Lipinski definition) is 2. The van der Waals surface area contributed by atoms with Gasteiger partial charge in [0.25, 0.3) is 10.2 Å². The van der Waals surface area contributed by atoms with Crippen molar-refractivity contribution in [3.05, 3.63) is 45.6 Å². The van der Waals surface area contributed by atoms with E-state index in [-0.39, 0.29) is 41.9 Å². The number of anilines is 1. The van der Waals surface area contributed by atoms with Crippen LogP contribution in [0.5, 0.6) is 17.2 Å². The van der Waals surface area contributed by atoms with Crippen LogP contribution >= 0.6 is 0 Å². The van der Waals surface area contributed by atoms with E-state index in [1.54, 1.807) is 25.2 Å². The molecular formula is C36H51N5O8S. The number of ether oxygens (including phenoxy) is 3. The minimum absolute atomic E-state index is 0.127. The van der Waals surface area contributed by atoms with Gasteiger partial charge in [-0.1, -0.05) is 19.9 Å². The molecule has 0 saturated carbocycles. The van der Waals surface area contributed by atoms with E-state index in [4.69, 9.17) is 14.2 Å². The van der Waals surface area contributed by atoms with Gasteiger partial charge in [0.15, 0.2) is 11.5 Å². The third-order valence-corrected chi connectivity index (χ3v) is 11.8. The predicted molar refractivity (Wildman–Crippen MR) is 192 cm³/mol. The highest BCUT2D eigenvalue weighted by Crippen LogP contribution is 2.50. The summed E-state index contributed by atoms with van der Waals surface area (Å²) < 4.78 is 46.8. The molecule has 2 amide bonds. The van der Waals surface area contributed by atoms with Crippen LogP contribution < -0.4 is 30.3 Å². The predicted octanol–water partition coefficient (Wildman–Crippen LogP) is 3.56. The monoisotopic (exact) mass is 713 g/mol. The van der Waals surface area contributed by atoms with Crippen molar-refractivity contribution in [2.45, 2.75) is 71.4 Å². The summed E-state index contributed by atoms with van der Waals surface area (Å²) in [5.74, 6) is 1.11. The first-order valence-corrected chi connectivity index (χ1v) is 18.9. The molecule has 2 saturated heterocycles. The molecule has 0 spiro atoms. The van der Waals surface area contributed by atoms with E-state index in [0.717, 1.165) is 24.0 Å². The van der Waals surface area contributed by atoms with Gasteiger partial charge in [0, 0.05) is 51.8 Å². The lowest BCUT2D eigenvalue weighted by molar-refractivity contribution is -0.132. The summed E-state index contributed by atoms with van der Waals surface area (Å²) in [4.78, 5) is 42.2. The third-order valence-electron chi connectivity index (χ3n) is 9.74. The maximum absolute atomic E-state index is 14.1. The number of fused-ring (bicyclic) bond motifs is 3. The number of nitrogens with one attached hydrogen (secondary N) is 2. The summed E-state index contributed by atoms with van der Waals surface area (Å²) in [6, 6.07) is 5.77. The van der Waals surface area contributed by atoms with Crippen molar-refractivity contribution in [3.8, 4) is 28.4 Å². The molecule has 0 bridgehead atoms. The zero-order valence-corrected chi connectivity index (χ0v) is 30.9. The Morgan fingerprint density at radius 1 is 0.900 bits per heavy atom. The van der Waals surface area contributed by atoms with Crippen LogP contribution in [-0.4, -0.2) is 100 Å². The molecule has 2 aliphatic heterocycles. The lowest BCUT2D eigenvalue weighted by Crippen LogP contribution is -2.47. The second kappa shape index (κ2) is 16.0. The minimum Gasteiger partial charge on any atom is -0.493 e. The van der Waals surface area contributed by atoms with Crippen molar-refractivity contribution in [2.24, 2.45) is 5.92 Å². The van der Waals surface area contributed by atoms with Crippen molar-refractivity contribution in [3.63, 3.8) is 0 Å². The molecule has 0 aromatic heterocycles. The second-order valence-corrected chi connectivity index (χ2v) is 15.5. The van der Waals surface area contributed by atoms with Gasteiger partial charge < -0.3 is 29.7 Å². The number of aryl methyl sites for hydroxylation is 1. The van der Waals surface area contributed by atoms with Crippen molar-refractivity contribution in [1.29, 1.82) is 0 Å². The molecule has 2 atom stereocenters. The maximum Gasteiger partial charge on any atom is 0.282 e. The summed E-state index contributed by atoms with van der Waals surface area (Å²) >= 11 is 0. The van der Waals surface area contributed by atoms with Gasteiger partial charge in [-0.2, -0.15) is 17.0 Å². The van der Waals surface area contributed by atoms with Crippen molar-refractivity contribution >= 4 is 27.7 Å². The first-order valence-electron chi connectivity index (χ1n) is 17.5. The van der Waals surface area contributed by atoms with Gasteiger partial charge >= 0.3 is 0 Å². The average Bonchev–Trinajstić information content (AvgIpc) is 3.39. The van der Waals surface area contributed by atoms with Gasteiger partial charge in [-0.25, -0.2) is 0 Å². The van der Waals surface area contributed by atoms with Gasteiger partial charge in [-0.05, 0) is 79.3 Å². The SMILES string of the molecule is COc1cc2c(c(OC)c1OC)-c1ccc(N[C@H](CC(C)C)C(=O)N3CCCN(S(=O)(=O)N4CCCC4)CC3)c(=O)cc1[C@H](NC(C)=O)CC2. The Hall–Kier alpha value is -3.88. The van der Waals surface area contributed by atoms with Crippen LogP contribution in [0.25, 0.3) is 11.1 Å². The first-order chi connectivity index (χ1) is 23.9. The maximum atomic E-state index is 14.1.